The lowest BCUT2D eigenvalue weighted by Crippen LogP contribution is -2.47. The van der Waals surface area contributed by atoms with Gasteiger partial charge in [0.1, 0.15) is 0 Å². The van der Waals surface area contributed by atoms with E-state index < -0.39 is 0 Å². The number of aromatic amines is 1. The van der Waals surface area contributed by atoms with Crippen LogP contribution in [0.25, 0.3) is 21.9 Å². The summed E-state index contributed by atoms with van der Waals surface area (Å²) >= 11 is 0. The number of likely N-dealkylation sites (N-methyl/N-ethyl adjacent to an activating group) is 1. The van der Waals surface area contributed by atoms with E-state index in [0.717, 1.165) is 53.9 Å². The van der Waals surface area contributed by atoms with Gasteiger partial charge in [-0.1, -0.05) is 42.5 Å². The number of hydrogen-bond donors (Lipinski definition) is 1. The number of carbonyl (C=O) groups is 1. The number of benzene rings is 2. The van der Waals surface area contributed by atoms with E-state index in [1.165, 1.54) is 5.39 Å². The van der Waals surface area contributed by atoms with Crippen LogP contribution in [0.3, 0.4) is 0 Å². The molecule has 152 valence electrons. The summed E-state index contributed by atoms with van der Waals surface area (Å²) in [4.78, 5) is 25.0. The van der Waals surface area contributed by atoms with Crippen LogP contribution in [0.15, 0.2) is 67.4 Å². The highest BCUT2D eigenvalue weighted by atomic mass is 16.2. The normalized spacial score (nSPS) is 15.0. The molecule has 2 aromatic heterocycles. The van der Waals surface area contributed by atoms with Crippen LogP contribution in [0.1, 0.15) is 16.1 Å². The van der Waals surface area contributed by atoms with Crippen molar-refractivity contribution in [1.29, 1.82) is 0 Å². The maximum atomic E-state index is 13.5. The van der Waals surface area contributed by atoms with Crippen molar-refractivity contribution in [3.8, 4) is 11.1 Å². The number of hydrogen-bond acceptors (Lipinski definition) is 3. The molecule has 1 N–H and O–H groups in total. The molecular formula is C24H25N5O. The van der Waals surface area contributed by atoms with Gasteiger partial charge in [-0.3, -0.25) is 4.79 Å². The summed E-state index contributed by atoms with van der Waals surface area (Å²) in [5.41, 5.74) is 3.84. The lowest BCUT2D eigenvalue weighted by Gasteiger charge is -2.32. The minimum atomic E-state index is 0.106. The maximum absolute atomic E-state index is 13.5. The first kappa shape index (κ1) is 18.6. The van der Waals surface area contributed by atoms with Crippen molar-refractivity contribution < 1.29 is 4.79 Å². The Hall–Kier alpha value is -3.38. The number of nitrogens with zero attached hydrogens (tertiary/aromatic N) is 4. The smallest absolute Gasteiger partial charge is 0.256 e. The van der Waals surface area contributed by atoms with Crippen LogP contribution in [-0.4, -0.2) is 63.5 Å². The summed E-state index contributed by atoms with van der Waals surface area (Å²) in [5.74, 6) is 0.106. The van der Waals surface area contributed by atoms with E-state index in [1.54, 1.807) is 6.33 Å². The van der Waals surface area contributed by atoms with Gasteiger partial charge in [0.25, 0.3) is 5.91 Å². The van der Waals surface area contributed by atoms with Gasteiger partial charge in [-0.2, -0.15) is 0 Å². The monoisotopic (exact) mass is 399 g/mol. The number of H-pyrrole nitrogens is 1. The summed E-state index contributed by atoms with van der Waals surface area (Å²) in [6.45, 7) is 3.98. The van der Waals surface area contributed by atoms with E-state index in [2.05, 4.69) is 69.1 Å². The number of carbonyl (C=O) groups excluding carboxylic acids is 1. The van der Waals surface area contributed by atoms with Gasteiger partial charge in [0, 0.05) is 50.3 Å². The molecule has 0 bridgehead atoms. The molecule has 1 saturated heterocycles. The van der Waals surface area contributed by atoms with Crippen molar-refractivity contribution in [3.63, 3.8) is 0 Å². The lowest BCUT2D eigenvalue weighted by molar-refractivity contribution is 0.0665. The first-order chi connectivity index (χ1) is 14.7. The Balaban J connectivity index is 1.59. The maximum Gasteiger partial charge on any atom is 0.256 e. The van der Waals surface area contributed by atoms with Gasteiger partial charge in [0.2, 0.25) is 0 Å². The number of amides is 1. The number of imidazole rings is 1. The topological polar surface area (TPSA) is 57.2 Å². The second-order valence-corrected chi connectivity index (χ2v) is 7.96. The predicted octanol–water partition coefficient (Wildman–Crippen LogP) is 3.47. The molecule has 5 rings (SSSR count). The van der Waals surface area contributed by atoms with Gasteiger partial charge in [-0.25, -0.2) is 4.98 Å². The third kappa shape index (κ3) is 3.50. The average Bonchev–Trinajstić information content (AvgIpc) is 3.44. The fraction of sp³-hybridized carbons (Fsp3) is 0.250. The summed E-state index contributed by atoms with van der Waals surface area (Å²) in [6.07, 6.45) is 7.57. The molecule has 0 saturated carbocycles. The SMILES string of the molecule is CN1CCN(C(=O)c2cn(Cc3cnc[nH]3)cc2-c2cccc3ccccc23)CC1. The van der Waals surface area contributed by atoms with Crippen LogP contribution in [0.2, 0.25) is 0 Å². The van der Waals surface area contributed by atoms with E-state index in [4.69, 9.17) is 0 Å². The number of rotatable bonds is 4. The molecule has 2 aromatic carbocycles. The fourth-order valence-electron chi connectivity index (χ4n) is 4.19. The summed E-state index contributed by atoms with van der Waals surface area (Å²) in [5, 5.41) is 2.33. The Morgan fingerprint density at radius 1 is 1.00 bits per heavy atom. The molecule has 0 unspecified atom stereocenters. The molecule has 6 heteroatoms. The highest BCUT2D eigenvalue weighted by molar-refractivity contribution is 6.06. The zero-order valence-corrected chi connectivity index (χ0v) is 17.1. The molecule has 1 aliphatic rings. The number of aromatic nitrogens is 3. The van der Waals surface area contributed by atoms with E-state index in [-0.39, 0.29) is 5.91 Å². The molecule has 3 heterocycles. The zero-order chi connectivity index (χ0) is 20.5. The molecule has 0 spiro atoms. The Labute approximate surface area is 175 Å². The molecule has 30 heavy (non-hydrogen) atoms. The van der Waals surface area contributed by atoms with Gasteiger partial charge in [0.15, 0.2) is 0 Å². The Morgan fingerprint density at radius 2 is 1.80 bits per heavy atom. The molecule has 0 aliphatic carbocycles. The molecule has 1 fully saturated rings. The van der Waals surface area contributed by atoms with Crippen LogP contribution < -0.4 is 0 Å². The molecule has 6 nitrogen and oxygen atoms in total. The van der Waals surface area contributed by atoms with Gasteiger partial charge in [-0.05, 0) is 23.4 Å². The van der Waals surface area contributed by atoms with Crippen LogP contribution in [-0.2, 0) is 6.54 Å². The van der Waals surface area contributed by atoms with Crippen molar-refractivity contribution in [1.82, 2.24) is 24.3 Å². The van der Waals surface area contributed by atoms with E-state index in [0.29, 0.717) is 6.54 Å². The van der Waals surface area contributed by atoms with Crippen LogP contribution in [0.4, 0.5) is 0 Å². The van der Waals surface area contributed by atoms with Crippen molar-refractivity contribution in [2.75, 3.05) is 33.2 Å². The Bertz CT molecular complexity index is 1160. The molecular weight excluding hydrogens is 374 g/mol. The van der Waals surface area contributed by atoms with Gasteiger partial charge < -0.3 is 19.4 Å². The van der Waals surface area contributed by atoms with Crippen LogP contribution in [0, 0.1) is 0 Å². The van der Waals surface area contributed by atoms with Crippen molar-refractivity contribution >= 4 is 16.7 Å². The number of fused-ring (bicyclic) bond motifs is 1. The van der Waals surface area contributed by atoms with E-state index in [9.17, 15) is 4.79 Å². The minimum Gasteiger partial charge on any atom is -0.347 e. The molecule has 1 aliphatic heterocycles. The van der Waals surface area contributed by atoms with Crippen LogP contribution >= 0.6 is 0 Å². The zero-order valence-electron chi connectivity index (χ0n) is 17.1. The third-order valence-electron chi connectivity index (χ3n) is 5.89. The van der Waals surface area contributed by atoms with E-state index >= 15 is 0 Å². The first-order valence-electron chi connectivity index (χ1n) is 10.3. The summed E-state index contributed by atoms with van der Waals surface area (Å²) in [7, 11) is 2.10. The second-order valence-electron chi connectivity index (χ2n) is 7.96. The number of nitrogens with one attached hydrogen (secondary N) is 1. The van der Waals surface area contributed by atoms with Crippen LogP contribution in [0.5, 0.6) is 0 Å². The molecule has 0 radical (unpaired) electrons. The van der Waals surface area contributed by atoms with Gasteiger partial charge in [-0.15, -0.1) is 0 Å². The summed E-state index contributed by atoms with van der Waals surface area (Å²) in [6, 6.07) is 14.6. The van der Waals surface area contributed by atoms with Crippen molar-refractivity contribution in [2.45, 2.75) is 6.54 Å². The quantitative estimate of drug-likeness (QED) is 0.572. The highest BCUT2D eigenvalue weighted by Crippen LogP contribution is 2.32. The molecule has 0 atom stereocenters. The van der Waals surface area contributed by atoms with E-state index in [1.807, 2.05) is 23.4 Å². The fourth-order valence-corrected chi connectivity index (χ4v) is 4.19. The largest absolute Gasteiger partial charge is 0.347 e. The Kier molecular flexibility index (Phi) is 4.85. The molecule has 4 aromatic rings. The van der Waals surface area contributed by atoms with Crippen molar-refractivity contribution in [3.05, 3.63) is 78.6 Å². The standard InChI is InChI=1S/C24H25N5O/c1-27-9-11-29(12-10-27)24(30)23-16-28(14-19-13-25-17-26-19)15-22(23)21-8-4-6-18-5-2-3-7-20(18)21/h2-8,13,15-17H,9-12,14H2,1H3,(H,25,26). The minimum absolute atomic E-state index is 0.106. The summed E-state index contributed by atoms with van der Waals surface area (Å²) < 4.78 is 2.08. The number of piperazine rings is 1. The predicted molar refractivity (Wildman–Crippen MR) is 118 cm³/mol. The average molecular weight is 399 g/mol. The Morgan fingerprint density at radius 3 is 2.60 bits per heavy atom. The van der Waals surface area contributed by atoms with Gasteiger partial charge in [0.05, 0.1) is 24.1 Å². The van der Waals surface area contributed by atoms with Crippen molar-refractivity contribution in [2.24, 2.45) is 0 Å². The second kappa shape index (κ2) is 7.80. The lowest BCUT2D eigenvalue weighted by atomic mass is 9.97. The van der Waals surface area contributed by atoms with Gasteiger partial charge >= 0.3 is 0 Å². The third-order valence-corrected chi connectivity index (χ3v) is 5.89. The first-order valence-corrected chi connectivity index (χ1v) is 10.3. The highest BCUT2D eigenvalue weighted by Gasteiger charge is 2.25. The molecule has 1 amide bonds.